The Kier molecular flexibility index (Phi) is 8.65. The first-order valence-electron chi connectivity index (χ1n) is 13.1. The van der Waals surface area contributed by atoms with Gasteiger partial charge in [-0.2, -0.15) is 0 Å². The number of amides is 2. The van der Waals surface area contributed by atoms with E-state index >= 15 is 0 Å². The summed E-state index contributed by atoms with van der Waals surface area (Å²) in [5.41, 5.74) is 4.09. The number of para-hydroxylation sites is 1. The van der Waals surface area contributed by atoms with Crippen LogP contribution in [0.25, 0.3) is 16.6 Å². The number of halogens is 1. The van der Waals surface area contributed by atoms with E-state index in [4.69, 9.17) is 21.1 Å². The molecule has 42 heavy (non-hydrogen) atoms. The summed E-state index contributed by atoms with van der Waals surface area (Å²) in [6.45, 7) is 0.404. The van der Waals surface area contributed by atoms with Crippen LogP contribution in [0.15, 0.2) is 72.1 Å². The molecule has 0 spiro atoms. The summed E-state index contributed by atoms with van der Waals surface area (Å²) in [6, 6.07) is 20.9. The van der Waals surface area contributed by atoms with Crippen molar-refractivity contribution in [3.63, 3.8) is 0 Å². The molecule has 3 aromatic carbocycles. The molecule has 2 N–H and O–H groups in total. The molecule has 0 fully saturated rings. The predicted octanol–water partition coefficient (Wildman–Crippen LogP) is 6.05. The average molecular weight is 604 g/mol. The molecular formula is C31H30ClN5O4S. The number of hydrogen-bond acceptors (Lipinski definition) is 7. The van der Waals surface area contributed by atoms with Crippen molar-refractivity contribution >= 4 is 56.5 Å². The van der Waals surface area contributed by atoms with Crippen molar-refractivity contribution < 1.29 is 19.1 Å². The van der Waals surface area contributed by atoms with Crippen LogP contribution in [0, 0.1) is 0 Å². The quantitative estimate of drug-likeness (QED) is 0.202. The Bertz CT molecular complexity index is 1760. The highest BCUT2D eigenvalue weighted by atomic mass is 35.5. The first-order valence-corrected chi connectivity index (χ1v) is 14.4. The van der Waals surface area contributed by atoms with Crippen molar-refractivity contribution in [2.45, 2.75) is 6.42 Å². The number of ether oxygens (including phenoxy) is 2. The lowest BCUT2D eigenvalue weighted by Crippen LogP contribution is -2.26. The third kappa shape index (κ3) is 6.05. The molecule has 2 heterocycles. The predicted molar refractivity (Wildman–Crippen MR) is 168 cm³/mol. The van der Waals surface area contributed by atoms with Gasteiger partial charge >= 0.3 is 0 Å². The second-order valence-corrected chi connectivity index (χ2v) is 10.9. The molecule has 216 valence electrons. The van der Waals surface area contributed by atoms with Crippen LogP contribution >= 0.6 is 22.9 Å². The lowest BCUT2D eigenvalue weighted by molar-refractivity contribution is 0.0948. The number of carbonyl (C=O) groups is 2. The van der Waals surface area contributed by atoms with Crippen molar-refractivity contribution in [3.05, 3.63) is 94.1 Å². The fourth-order valence-corrected chi connectivity index (χ4v) is 5.53. The van der Waals surface area contributed by atoms with Crippen LogP contribution in [-0.4, -0.2) is 56.2 Å². The molecule has 0 saturated carbocycles. The molecule has 5 aromatic rings. The second kappa shape index (κ2) is 12.5. The van der Waals surface area contributed by atoms with Crippen LogP contribution in [0.3, 0.4) is 0 Å². The highest BCUT2D eigenvalue weighted by molar-refractivity contribution is 7.14. The molecule has 0 bridgehead atoms. The van der Waals surface area contributed by atoms with E-state index < -0.39 is 0 Å². The minimum absolute atomic E-state index is 0.227. The molecule has 0 aliphatic carbocycles. The van der Waals surface area contributed by atoms with Crippen LogP contribution in [0.5, 0.6) is 11.5 Å². The maximum absolute atomic E-state index is 13.5. The van der Waals surface area contributed by atoms with Gasteiger partial charge in [-0.15, -0.1) is 11.3 Å². The van der Waals surface area contributed by atoms with E-state index in [-0.39, 0.29) is 17.5 Å². The molecule has 5 rings (SSSR count). The fraction of sp³-hybridized carbons (Fsp3) is 0.194. The number of fused-ring (bicyclic) bond motifs is 1. The van der Waals surface area contributed by atoms with Crippen LogP contribution in [-0.2, 0) is 6.42 Å². The number of anilines is 2. The topological polar surface area (TPSA) is 97.7 Å². The van der Waals surface area contributed by atoms with E-state index in [1.807, 2.05) is 90.3 Å². The van der Waals surface area contributed by atoms with Gasteiger partial charge in [0.25, 0.3) is 11.8 Å². The Labute approximate surface area is 252 Å². The number of thiazole rings is 1. The van der Waals surface area contributed by atoms with Gasteiger partial charge < -0.3 is 24.3 Å². The van der Waals surface area contributed by atoms with Gasteiger partial charge in [0, 0.05) is 37.1 Å². The molecule has 9 nitrogen and oxygen atoms in total. The number of methoxy groups -OCH3 is 2. The normalized spacial score (nSPS) is 10.9. The van der Waals surface area contributed by atoms with E-state index in [0.717, 1.165) is 22.2 Å². The molecule has 2 amide bonds. The third-order valence-corrected chi connectivity index (χ3v) is 7.80. The molecular weight excluding hydrogens is 574 g/mol. The molecule has 0 aliphatic rings. The van der Waals surface area contributed by atoms with Gasteiger partial charge in [0.2, 0.25) is 0 Å². The van der Waals surface area contributed by atoms with Crippen molar-refractivity contribution in [3.8, 4) is 17.2 Å². The molecule has 11 heteroatoms. The van der Waals surface area contributed by atoms with Gasteiger partial charge in [-0.3, -0.25) is 14.9 Å². The SMILES string of the molecule is COc1ccc(CCNC(=O)c2csc(NC(=O)c3cc4ccccc4n3-c3ccc(N(C)C)cc3Cl)n2)cc1OC. The zero-order valence-corrected chi connectivity index (χ0v) is 25.2. The Morgan fingerprint density at radius 2 is 1.76 bits per heavy atom. The van der Waals surface area contributed by atoms with Gasteiger partial charge in [0.05, 0.1) is 30.4 Å². The fourth-order valence-electron chi connectivity index (χ4n) is 4.58. The Morgan fingerprint density at radius 3 is 2.50 bits per heavy atom. The van der Waals surface area contributed by atoms with Crippen LogP contribution < -0.4 is 25.0 Å². The van der Waals surface area contributed by atoms with Crippen LogP contribution in [0.2, 0.25) is 5.02 Å². The molecule has 0 saturated heterocycles. The van der Waals surface area contributed by atoms with Crippen molar-refractivity contribution in [2.24, 2.45) is 0 Å². The van der Waals surface area contributed by atoms with E-state index in [2.05, 4.69) is 15.6 Å². The summed E-state index contributed by atoms with van der Waals surface area (Å²) in [5, 5.41) is 9.07. The average Bonchev–Trinajstić information content (AvgIpc) is 3.62. The van der Waals surface area contributed by atoms with Gasteiger partial charge in [-0.1, -0.05) is 35.9 Å². The highest BCUT2D eigenvalue weighted by Gasteiger charge is 2.21. The lowest BCUT2D eigenvalue weighted by Gasteiger charge is -2.16. The molecule has 0 atom stereocenters. The van der Waals surface area contributed by atoms with Crippen LogP contribution in [0.4, 0.5) is 10.8 Å². The van der Waals surface area contributed by atoms with Gasteiger partial charge in [0.15, 0.2) is 16.6 Å². The van der Waals surface area contributed by atoms with Gasteiger partial charge in [-0.05, 0) is 54.4 Å². The number of nitrogens with one attached hydrogen (secondary N) is 2. The van der Waals surface area contributed by atoms with Crippen molar-refractivity contribution in [2.75, 3.05) is 45.1 Å². The minimum atomic E-state index is -0.367. The summed E-state index contributed by atoms with van der Waals surface area (Å²) in [4.78, 5) is 32.6. The number of benzene rings is 3. The Hall–Kier alpha value is -4.54. The van der Waals surface area contributed by atoms with Gasteiger partial charge in [-0.25, -0.2) is 4.98 Å². The first kappa shape index (κ1) is 29.0. The Morgan fingerprint density at radius 1 is 0.976 bits per heavy atom. The number of hydrogen-bond donors (Lipinski definition) is 2. The minimum Gasteiger partial charge on any atom is -0.493 e. The largest absolute Gasteiger partial charge is 0.493 e. The van der Waals surface area contributed by atoms with Crippen molar-refractivity contribution in [1.82, 2.24) is 14.9 Å². The van der Waals surface area contributed by atoms with E-state index in [9.17, 15) is 9.59 Å². The molecule has 0 aliphatic heterocycles. The third-order valence-electron chi connectivity index (χ3n) is 6.74. The molecule has 2 aromatic heterocycles. The smallest absolute Gasteiger partial charge is 0.274 e. The number of rotatable bonds is 10. The maximum atomic E-state index is 13.5. The molecule has 0 radical (unpaired) electrons. The lowest BCUT2D eigenvalue weighted by atomic mass is 10.1. The van der Waals surface area contributed by atoms with E-state index in [0.29, 0.717) is 46.0 Å². The Balaban J connectivity index is 1.30. The highest BCUT2D eigenvalue weighted by Crippen LogP contribution is 2.32. The van der Waals surface area contributed by atoms with Gasteiger partial charge in [0.1, 0.15) is 11.4 Å². The zero-order valence-electron chi connectivity index (χ0n) is 23.6. The summed E-state index contributed by atoms with van der Waals surface area (Å²) >= 11 is 7.89. The second-order valence-electron chi connectivity index (χ2n) is 9.64. The van der Waals surface area contributed by atoms with Crippen molar-refractivity contribution in [1.29, 1.82) is 0 Å². The summed E-state index contributed by atoms with van der Waals surface area (Å²) in [5.74, 6) is 0.587. The number of carbonyl (C=O) groups excluding carboxylic acids is 2. The summed E-state index contributed by atoms with van der Waals surface area (Å²) in [6.07, 6.45) is 0.600. The maximum Gasteiger partial charge on any atom is 0.274 e. The van der Waals surface area contributed by atoms with E-state index in [1.165, 1.54) is 11.3 Å². The monoisotopic (exact) mass is 603 g/mol. The zero-order chi connectivity index (χ0) is 29.8. The summed E-state index contributed by atoms with van der Waals surface area (Å²) in [7, 11) is 7.05. The first-order chi connectivity index (χ1) is 20.3. The number of nitrogens with zero attached hydrogens (tertiary/aromatic N) is 3. The molecule has 0 unspecified atom stereocenters. The van der Waals surface area contributed by atoms with E-state index in [1.54, 1.807) is 19.6 Å². The van der Waals surface area contributed by atoms with Crippen LogP contribution in [0.1, 0.15) is 26.5 Å². The number of aromatic nitrogens is 2. The standard InChI is InChI=1S/C31H30ClN5O4S/c1-36(2)21-10-11-25(22(32)17-21)37-24-8-6-5-7-20(24)16-26(37)30(39)35-31-34-23(18-42-31)29(38)33-14-13-19-9-12-27(40-3)28(15-19)41-4/h5-12,15-18H,13-14H2,1-4H3,(H,33,38)(H,34,35,39). The summed E-state index contributed by atoms with van der Waals surface area (Å²) < 4.78 is 12.4.